The summed E-state index contributed by atoms with van der Waals surface area (Å²) in [4.78, 5) is 14.4. The summed E-state index contributed by atoms with van der Waals surface area (Å²) in [5.41, 5.74) is 0.758. The lowest BCUT2D eigenvalue weighted by Crippen LogP contribution is -2.50. The van der Waals surface area contributed by atoms with Crippen molar-refractivity contribution in [3.8, 4) is 0 Å². The molecule has 1 N–H and O–H groups in total. The van der Waals surface area contributed by atoms with Crippen LogP contribution in [0.1, 0.15) is 36.3 Å². The van der Waals surface area contributed by atoms with Gasteiger partial charge < -0.3 is 19.3 Å². The minimum Gasteiger partial charge on any atom is -0.394 e. The summed E-state index contributed by atoms with van der Waals surface area (Å²) in [5.74, 6) is 0.0468. The largest absolute Gasteiger partial charge is 0.394 e. The molecule has 1 amide bonds. The zero-order chi connectivity index (χ0) is 13.4. The Kier molecular flexibility index (Phi) is 3.33. The quantitative estimate of drug-likeness (QED) is 0.887. The Bertz CT molecular complexity index is 467. The molecule has 0 aromatic carbocycles. The van der Waals surface area contributed by atoms with E-state index in [0.29, 0.717) is 19.1 Å². The van der Waals surface area contributed by atoms with Crippen LogP contribution in [-0.2, 0) is 4.74 Å². The van der Waals surface area contributed by atoms with Crippen molar-refractivity contribution in [3.63, 3.8) is 0 Å². The Morgan fingerprint density at radius 2 is 2.26 bits per heavy atom. The molecule has 0 bridgehead atoms. The number of carbonyl (C=O) groups excluding carboxylic acids is 1. The number of hydrogen-bond acceptors (Lipinski definition) is 3. The van der Waals surface area contributed by atoms with Crippen LogP contribution in [0.5, 0.6) is 0 Å². The van der Waals surface area contributed by atoms with Crippen LogP contribution in [0.25, 0.3) is 0 Å². The fourth-order valence-corrected chi connectivity index (χ4v) is 2.72. The number of morpholine rings is 1. The second kappa shape index (κ2) is 4.98. The summed E-state index contributed by atoms with van der Waals surface area (Å²) < 4.78 is 7.65. The smallest absolute Gasteiger partial charge is 0.270 e. The number of ether oxygens (including phenoxy) is 1. The van der Waals surface area contributed by atoms with E-state index in [1.54, 1.807) is 4.90 Å². The molecule has 1 aromatic heterocycles. The predicted octanol–water partition coefficient (Wildman–Crippen LogP) is 1.04. The normalized spacial score (nSPS) is 27.6. The molecule has 19 heavy (non-hydrogen) atoms. The molecule has 0 radical (unpaired) electrons. The third-order valence-electron chi connectivity index (χ3n) is 3.76. The SMILES string of the molecule is CC1CN(C(=O)c2cccn2C2CC2)CC(CO)O1. The number of amides is 1. The van der Waals surface area contributed by atoms with Crippen LogP contribution in [0.4, 0.5) is 0 Å². The lowest BCUT2D eigenvalue weighted by Gasteiger charge is -2.36. The highest BCUT2D eigenvalue weighted by atomic mass is 16.5. The molecule has 2 aliphatic rings. The number of hydrogen-bond donors (Lipinski definition) is 1. The van der Waals surface area contributed by atoms with E-state index in [2.05, 4.69) is 4.57 Å². The van der Waals surface area contributed by atoms with E-state index in [1.807, 2.05) is 25.3 Å². The molecule has 2 unspecified atom stereocenters. The summed E-state index contributed by atoms with van der Waals surface area (Å²) in [6, 6.07) is 4.31. The van der Waals surface area contributed by atoms with Crippen molar-refractivity contribution in [2.24, 2.45) is 0 Å². The molecule has 1 aliphatic carbocycles. The Labute approximate surface area is 112 Å². The van der Waals surface area contributed by atoms with Gasteiger partial charge in [0.2, 0.25) is 0 Å². The van der Waals surface area contributed by atoms with Crippen molar-refractivity contribution in [1.29, 1.82) is 0 Å². The van der Waals surface area contributed by atoms with Crippen LogP contribution in [0.2, 0.25) is 0 Å². The van der Waals surface area contributed by atoms with Crippen molar-refractivity contribution in [2.75, 3.05) is 19.7 Å². The molecule has 1 saturated carbocycles. The van der Waals surface area contributed by atoms with Crippen molar-refractivity contribution in [1.82, 2.24) is 9.47 Å². The lowest BCUT2D eigenvalue weighted by atomic mass is 10.2. The highest BCUT2D eigenvalue weighted by Gasteiger charge is 2.32. The number of carbonyl (C=O) groups is 1. The van der Waals surface area contributed by atoms with E-state index >= 15 is 0 Å². The van der Waals surface area contributed by atoms with Crippen LogP contribution in [0, 0.1) is 0 Å². The first-order valence-corrected chi connectivity index (χ1v) is 6.91. The first kappa shape index (κ1) is 12.7. The highest BCUT2D eigenvalue weighted by molar-refractivity contribution is 5.93. The van der Waals surface area contributed by atoms with E-state index in [0.717, 1.165) is 18.5 Å². The molecule has 5 nitrogen and oxygen atoms in total. The average Bonchev–Trinajstić information content (AvgIpc) is 3.14. The van der Waals surface area contributed by atoms with E-state index in [-0.39, 0.29) is 24.7 Å². The van der Waals surface area contributed by atoms with Gasteiger partial charge in [0.15, 0.2) is 0 Å². The second-order valence-electron chi connectivity index (χ2n) is 5.49. The summed E-state index contributed by atoms with van der Waals surface area (Å²) in [5, 5.41) is 9.22. The van der Waals surface area contributed by atoms with E-state index in [9.17, 15) is 9.90 Å². The van der Waals surface area contributed by atoms with Gasteiger partial charge in [0.1, 0.15) is 5.69 Å². The molecule has 1 saturated heterocycles. The molecule has 2 heterocycles. The van der Waals surface area contributed by atoms with Gasteiger partial charge in [-0.3, -0.25) is 4.79 Å². The maximum atomic E-state index is 12.6. The van der Waals surface area contributed by atoms with Gasteiger partial charge in [-0.05, 0) is 31.9 Å². The van der Waals surface area contributed by atoms with E-state index < -0.39 is 0 Å². The third-order valence-corrected chi connectivity index (χ3v) is 3.76. The van der Waals surface area contributed by atoms with Crippen LogP contribution in [-0.4, -0.2) is 52.4 Å². The minimum atomic E-state index is -0.267. The van der Waals surface area contributed by atoms with Crippen molar-refractivity contribution < 1.29 is 14.6 Å². The number of nitrogens with zero attached hydrogens (tertiary/aromatic N) is 2. The summed E-state index contributed by atoms with van der Waals surface area (Å²) in [6.07, 6.45) is 4.01. The third kappa shape index (κ3) is 2.53. The number of aliphatic hydroxyl groups excluding tert-OH is 1. The van der Waals surface area contributed by atoms with Gasteiger partial charge >= 0.3 is 0 Å². The summed E-state index contributed by atoms with van der Waals surface area (Å²) in [7, 11) is 0. The maximum absolute atomic E-state index is 12.6. The Hall–Kier alpha value is -1.33. The van der Waals surface area contributed by atoms with Crippen LogP contribution in [0.3, 0.4) is 0 Å². The van der Waals surface area contributed by atoms with Crippen molar-refractivity contribution >= 4 is 5.91 Å². The molecule has 0 spiro atoms. The fourth-order valence-electron chi connectivity index (χ4n) is 2.72. The zero-order valence-corrected chi connectivity index (χ0v) is 11.2. The second-order valence-corrected chi connectivity index (χ2v) is 5.49. The standard InChI is InChI=1S/C14H20N2O3/c1-10-7-15(8-12(9-17)19-10)14(18)13-3-2-6-16(13)11-4-5-11/h2-3,6,10-12,17H,4-5,7-9H2,1H3. The van der Waals surface area contributed by atoms with Gasteiger partial charge in [0.05, 0.1) is 18.8 Å². The van der Waals surface area contributed by atoms with Gasteiger partial charge in [-0.1, -0.05) is 0 Å². The number of aliphatic hydroxyl groups is 1. The molecule has 5 heteroatoms. The van der Waals surface area contributed by atoms with Crippen molar-refractivity contribution in [3.05, 3.63) is 24.0 Å². The molecular weight excluding hydrogens is 244 g/mol. The summed E-state index contributed by atoms with van der Waals surface area (Å²) in [6.45, 7) is 2.94. The lowest BCUT2D eigenvalue weighted by molar-refractivity contribution is -0.0860. The van der Waals surface area contributed by atoms with Crippen LogP contribution < -0.4 is 0 Å². The minimum absolute atomic E-state index is 0.0285. The van der Waals surface area contributed by atoms with Gasteiger partial charge in [0.25, 0.3) is 5.91 Å². The van der Waals surface area contributed by atoms with Crippen molar-refractivity contribution in [2.45, 2.75) is 38.0 Å². The molecule has 2 atom stereocenters. The highest BCUT2D eigenvalue weighted by Crippen LogP contribution is 2.36. The maximum Gasteiger partial charge on any atom is 0.270 e. The molecular formula is C14H20N2O3. The monoisotopic (exact) mass is 264 g/mol. The molecule has 2 fully saturated rings. The van der Waals surface area contributed by atoms with Gasteiger partial charge in [-0.2, -0.15) is 0 Å². The Morgan fingerprint density at radius 1 is 1.47 bits per heavy atom. The van der Waals surface area contributed by atoms with Crippen LogP contribution >= 0.6 is 0 Å². The number of rotatable bonds is 3. The summed E-state index contributed by atoms with van der Waals surface area (Å²) >= 11 is 0. The van der Waals surface area contributed by atoms with E-state index in [1.165, 1.54) is 0 Å². The molecule has 3 rings (SSSR count). The zero-order valence-electron chi connectivity index (χ0n) is 11.2. The molecule has 1 aromatic rings. The Balaban J connectivity index is 1.77. The molecule has 104 valence electrons. The average molecular weight is 264 g/mol. The first-order chi connectivity index (χ1) is 9.19. The Morgan fingerprint density at radius 3 is 2.95 bits per heavy atom. The van der Waals surface area contributed by atoms with Crippen LogP contribution in [0.15, 0.2) is 18.3 Å². The first-order valence-electron chi connectivity index (χ1n) is 6.91. The van der Waals surface area contributed by atoms with Gasteiger partial charge in [-0.15, -0.1) is 0 Å². The topological polar surface area (TPSA) is 54.7 Å². The number of aromatic nitrogens is 1. The van der Waals surface area contributed by atoms with Gasteiger partial charge in [-0.25, -0.2) is 0 Å². The fraction of sp³-hybridized carbons (Fsp3) is 0.643. The van der Waals surface area contributed by atoms with Gasteiger partial charge in [0, 0.05) is 25.3 Å². The van der Waals surface area contributed by atoms with E-state index in [4.69, 9.17) is 4.74 Å². The predicted molar refractivity (Wildman–Crippen MR) is 70.0 cm³/mol. The molecule has 1 aliphatic heterocycles.